The molecule has 0 aromatic heterocycles. The molecular weight excluding hydrogens is 433 g/mol. The largest absolute Gasteiger partial charge is 1.00 e. The van der Waals surface area contributed by atoms with Crippen LogP contribution in [-0.4, -0.2) is 40.9 Å². The zero-order valence-corrected chi connectivity index (χ0v) is 20.0. The first-order valence-corrected chi connectivity index (χ1v) is 9.40. The molecule has 26 heavy (non-hydrogen) atoms. The summed E-state index contributed by atoms with van der Waals surface area (Å²) in [4.78, 5) is 10.3. The van der Waals surface area contributed by atoms with Gasteiger partial charge in [-0.2, -0.15) is 4.58 Å². The number of unbranched alkanes of at least 4 members (excludes halogenated alkanes) is 2. The average Bonchev–Trinajstić information content (AvgIpc) is 2.66. The minimum atomic E-state index is -4.48. The van der Waals surface area contributed by atoms with Gasteiger partial charge in [-0.25, -0.2) is 8.42 Å². The van der Waals surface area contributed by atoms with Crippen LogP contribution in [-0.2, 0) is 20.3 Å². The number of hydrogen-bond acceptors (Lipinski definition) is 4. The van der Waals surface area contributed by atoms with Gasteiger partial charge in [-0.1, -0.05) is 0 Å². The number of carbonyl (C=O) groups is 1. The van der Waals surface area contributed by atoms with Gasteiger partial charge >= 0.3 is 35.5 Å². The van der Waals surface area contributed by atoms with E-state index in [4.69, 9.17) is 5.11 Å². The summed E-state index contributed by atoms with van der Waals surface area (Å²) in [6.07, 6.45) is 2.49. The SMILES string of the molecule is CC1=[N+](CCCCCC(=O)O)c2ccc(S(=O)(=O)[O-])cc2C1(C)C.[Br-].[Na+]. The van der Waals surface area contributed by atoms with Gasteiger partial charge in [0.1, 0.15) is 16.7 Å². The summed E-state index contributed by atoms with van der Waals surface area (Å²) >= 11 is 0. The molecule has 1 aliphatic rings. The van der Waals surface area contributed by atoms with Crippen LogP contribution in [0.1, 0.15) is 52.0 Å². The first-order valence-electron chi connectivity index (χ1n) is 7.99. The monoisotopic (exact) mass is 455 g/mol. The molecule has 6 nitrogen and oxygen atoms in total. The van der Waals surface area contributed by atoms with Crippen LogP contribution in [0.2, 0.25) is 0 Å². The molecule has 0 amide bonds. The number of rotatable bonds is 7. The Morgan fingerprint density at radius 3 is 2.38 bits per heavy atom. The van der Waals surface area contributed by atoms with Gasteiger partial charge in [-0.3, -0.25) is 4.79 Å². The van der Waals surface area contributed by atoms with Crippen LogP contribution in [0.25, 0.3) is 0 Å². The second-order valence-electron chi connectivity index (χ2n) is 6.70. The van der Waals surface area contributed by atoms with E-state index in [-0.39, 0.29) is 63.3 Å². The summed E-state index contributed by atoms with van der Waals surface area (Å²) in [6, 6.07) is 4.52. The van der Waals surface area contributed by atoms with E-state index in [0.29, 0.717) is 6.42 Å². The number of hydrogen-bond donors (Lipinski definition) is 1. The maximum absolute atomic E-state index is 11.3. The number of benzene rings is 1. The van der Waals surface area contributed by atoms with E-state index in [1.165, 1.54) is 12.1 Å². The van der Waals surface area contributed by atoms with Gasteiger partial charge in [-0.15, -0.1) is 0 Å². The van der Waals surface area contributed by atoms with Crippen molar-refractivity contribution in [3.05, 3.63) is 23.8 Å². The predicted octanol–water partition coefficient (Wildman–Crippen LogP) is -3.36. The van der Waals surface area contributed by atoms with Crippen molar-refractivity contribution in [3.8, 4) is 0 Å². The zero-order valence-electron chi connectivity index (χ0n) is 15.6. The van der Waals surface area contributed by atoms with Gasteiger partial charge in [0.05, 0.1) is 10.3 Å². The van der Waals surface area contributed by atoms with Gasteiger partial charge in [0, 0.05) is 31.4 Å². The summed E-state index contributed by atoms with van der Waals surface area (Å²) in [6.45, 7) is 6.76. The molecule has 0 aliphatic carbocycles. The van der Waals surface area contributed by atoms with Crippen molar-refractivity contribution in [2.45, 2.75) is 56.8 Å². The van der Waals surface area contributed by atoms with Gasteiger partial charge in [0.15, 0.2) is 5.71 Å². The fraction of sp³-hybridized carbons (Fsp3) is 0.529. The third-order valence-corrected chi connectivity index (χ3v) is 5.63. The fourth-order valence-electron chi connectivity index (χ4n) is 3.13. The molecule has 0 saturated carbocycles. The number of fused-ring (bicyclic) bond motifs is 1. The molecule has 9 heteroatoms. The Labute approximate surface area is 187 Å². The van der Waals surface area contributed by atoms with Crippen molar-refractivity contribution in [2.75, 3.05) is 6.54 Å². The molecule has 140 valence electrons. The normalized spacial score (nSPS) is 15.1. The molecule has 0 fully saturated rings. The van der Waals surface area contributed by atoms with E-state index in [1.54, 1.807) is 6.07 Å². The van der Waals surface area contributed by atoms with Crippen LogP contribution in [0.4, 0.5) is 5.69 Å². The summed E-state index contributed by atoms with van der Waals surface area (Å²) in [5.74, 6) is -0.781. The molecule has 0 radical (unpaired) electrons. The van der Waals surface area contributed by atoms with Gasteiger partial charge in [0.25, 0.3) is 0 Å². The van der Waals surface area contributed by atoms with Crippen LogP contribution in [0, 0.1) is 0 Å². The van der Waals surface area contributed by atoms with Crippen LogP contribution in [0.3, 0.4) is 0 Å². The molecule has 0 saturated heterocycles. The quantitative estimate of drug-likeness (QED) is 0.200. The van der Waals surface area contributed by atoms with Crippen LogP contribution in [0.15, 0.2) is 23.1 Å². The minimum absolute atomic E-state index is 0. The Kier molecular flexibility index (Phi) is 9.70. The molecule has 0 bridgehead atoms. The van der Waals surface area contributed by atoms with Crippen LogP contribution < -0.4 is 46.5 Å². The van der Waals surface area contributed by atoms with Crippen molar-refractivity contribution >= 4 is 27.5 Å². The number of carboxylic acid groups (broad SMARTS) is 1. The van der Waals surface area contributed by atoms with E-state index in [9.17, 15) is 17.8 Å². The van der Waals surface area contributed by atoms with E-state index in [0.717, 1.165) is 36.3 Å². The third kappa shape index (κ3) is 5.62. The van der Waals surface area contributed by atoms with Gasteiger partial charge in [0.2, 0.25) is 5.69 Å². The fourth-order valence-corrected chi connectivity index (χ4v) is 3.63. The van der Waals surface area contributed by atoms with Gasteiger partial charge in [-0.05, 0) is 38.8 Å². The molecule has 1 N–H and O–H groups in total. The zero-order chi connectivity index (χ0) is 18.1. The van der Waals surface area contributed by atoms with Crippen LogP contribution in [0.5, 0.6) is 0 Å². The van der Waals surface area contributed by atoms with E-state index in [2.05, 4.69) is 4.58 Å². The molecule has 2 rings (SSSR count). The second-order valence-corrected chi connectivity index (χ2v) is 8.08. The Hall–Kier alpha value is -0.250. The summed E-state index contributed by atoms with van der Waals surface area (Å²) in [7, 11) is -4.48. The van der Waals surface area contributed by atoms with Gasteiger partial charge < -0.3 is 26.6 Å². The summed E-state index contributed by atoms with van der Waals surface area (Å²) < 4.78 is 36.0. The Morgan fingerprint density at radius 1 is 1.23 bits per heavy atom. The molecule has 1 aliphatic heterocycles. The molecular formula is C17H23BrNNaO5S. The molecule has 1 aromatic rings. The maximum atomic E-state index is 11.3. The molecule has 1 heterocycles. The Bertz CT molecular complexity index is 805. The Balaban J connectivity index is 0.00000312. The Morgan fingerprint density at radius 2 is 1.85 bits per heavy atom. The van der Waals surface area contributed by atoms with Crippen molar-refractivity contribution in [1.29, 1.82) is 0 Å². The minimum Gasteiger partial charge on any atom is -1.00 e. The van der Waals surface area contributed by atoms with Crippen molar-refractivity contribution in [1.82, 2.24) is 0 Å². The maximum Gasteiger partial charge on any atom is 1.00 e. The van der Waals surface area contributed by atoms with Crippen molar-refractivity contribution in [2.24, 2.45) is 0 Å². The number of halogens is 1. The summed E-state index contributed by atoms with van der Waals surface area (Å²) in [5, 5.41) is 8.67. The molecule has 1 aromatic carbocycles. The first kappa shape index (κ1) is 25.8. The third-order valence-electron chi connectivity index (χ3n) is 4.80. The predicted molar refractivity (Wildman–Crippen MR) is 89.0 cm³/mol. The van der Waals surface area contributed by atoms with E-state index >= 15 is 0 Å². The summed E-state index contributed by atoms with van der Waals surface area (Å²) in [5.41, 5.74) is 2.50. The van der Waals surface area contributed by atoms with Crippen LogP contribution >= 0.6 is 0 Å². The smallest absolute Gasteiger partial charge is 1.00 e. The van der Waals surface area contributed by atoms with Crippen molar-refractivity contribution < 1.29 is 74.0 Å². The average molecular weight is 456 g/mol. The van der Waals surface area contributed by atoms with Crippen molar-refractivity contribution in [3.63, 3.8) is 0 Å². The first-order chi connectivity index (χ1) is 11.0. The van der Waals surface area contributed by atoms with E-state index < -0.39 is 16.1 Å². The topological polar surface area (TPSA) is 97.5 Å². The molecule has 0 spiro atoms. The second kappa shape index (κ2) is 9.80. The number of nitrogens with zero attached hydrogens (tertiary/aromatic N) is 1. The number of aliphatic carboxylic acids is 1. The number of carboxylic acids is 1. The molecule has 0 atom stereocenters. The van der Waals surface area contributed by atoms with E-state index in [1.807, 2.05) is 20.8 Å². The standard InChI is InChI=1S/C17H23NO5S.BrH.Na/c1-12-17(2,3)14-11-13(24(21,22)23)8-9-15(14)18(12)10-6-4-5-7-16(19)20;;/h8-9,11H,4-7,10H2,1-3H3,(H-,19,20,21,22,23);1H;/q;;+1/p-1. The molecule has 0 unspecified atom stereocenters.